The first-order chi connectivity index (χ1) is 13.0. The smallest absolute Gasteiger partial charge is 0.311 e. The van der Waals surface area contributed by atoms with Gasteiger partial charge in [0.15, 0.2) is 6.61 Å². The van der Waals surface area contributed by atoms with E-state index >= 15 is 0 Å². The Morgan fingerprint density at radius 3 is 2.59 bits per heavy atom. The Balaban J connectivity index is 2.03. The molecule has 0 aromatic heterocycles. The molecule has 0 atom stereocenters. The third-order valence-electron chi connectivity index (χ3n) is 3.91. The van der Waals surface area contributed by atoms with Gasteiger partial charge in [0.05, 0.1) is 12.0 Å². The Morgan fingerprint density at radius 2 is 1.96 bits per heavy atom. The average molecular weight is 373 g/mol. The van der Waals surface area contributed by atoms with Gasteiger partial charge in [0.1, 0.15) is 5.75 Å². The molecule has 0 aliphatic heterocycles. The molecule has 2 N–H and O–H groups in total. The first kappa shape index (κ1) is 20.2. The predicted molar refractivity (Wildman–Crippen MR) is 101 cm³/mol. The van der Waals surface area contributed by atoms with Crippen LogP contribution < -0.4 is 15.2 Å². The first-order valence-corrected chi connectivity index (χ1v) is 8.52. The van der Waals surface area contributed by atoms with E-state index in [0.29, 0.717) is 31.8 Å². The van der Waals surface area contributed by atoms with Crippen molar-refractivity contribution in [3.8, 4) is 11.5 Å². The third kappa shape index (κ3) is 5.96. The SMILES string of the molecule is COc1cc(OCC(=O)N(CCCN)Cc2ccccc2)ccc1[N+](=O)[O-]. The molecule has 0 fully saturated rings. The number of nitrogens with two attached hydrogens (primary N) is 1. The summed E-state index contributed by atoms with van der Waals surface area (Å²) in [7, 11) is 1.34. The summed E-state index contributed by atoms with van der Waals surface area (Å²) in [6.07, 6.45) is 0.684. The molecule has 0 saturated carbocycles. The van der Waals surface area contributed by atoms with Gasteiger partial charge >= 0.3 is 5.69 Å². The highest BCUT2D eigenvalue weighted by Gasteiger charge is 2.17. The van der Waals surface area contributed by atoms with Crippen molar-refractivity contribution in [3.05, 3.63) is 64.2 Å². The zero-order chi connectivity index (χ0) is 19.6. The lowest BCUT2D eigenvalue weighted by Gasteiger charge is -2.23. The fourth-order valence-corrected chi connectivity index (χ4v) is 2.51. The average Bonchev–Trinajstić information content (AvgIpc) is 2.69. The van der Waals surface area contributed by atoms with Crippen LogP contribution in [-0.2, 0) is 11.3 Å². The van der Waals surface area contributed by atoms with Crippen LogP contribution in [0.5, 0.6) is 11.5 Å². The molecule has 0 saturated heterocycles. The Labute approximate surface area is 157 Å². The van der Waals surface area contributed by atoms with E-state index in [1.807, 2.05) is 30.3 Å². The van der Waals surface area contributed by atoms with Crippen LogP contribution in [0.25, 0.3) is 0 Å². The van der Waals surface area contributed by atoms with E-state index in [4.69, 9.17) is 15.2 Å². The van der Waals surface area contributed by atoms with Crippen molar-refractivity contribution in [1.82, 2.24) is 4.90 Å². The van der Waals surface area contributed by atoms with Gasteiger partial charge < -0.3 is 20.1 Å². The van der Waals surface area contributed by atoms with Crippen LogP contribution in [0, 0.1) is 10.1 Å². The highest BCUT2D eigenvalue weighted by molar-refractivity contribution is 5.77. The summed E-state index contributed by atoms with van der Waals surface area (Å²) in [6, 6.07) is 13.8. The first-order valence-electron chi connectivity index (χ1n) is 8.52. The quantitative estimate of drug-likeness (QED) is 0.506. The van der Waals surface area contributed by atoms with Gasteiger partial charge in [-0.15, -0.1) is 0 Å². The zero-order valence-corrected chi connectivity index (χ0v) is 15.2. The second-order valence-corrected chi connectivity index (χ2v) is 5.82. The summed E-state index contributed by atoms with van der Waals surface area (Å²) in [4.78, 5) is 24.7. The number of benzene rings is 2. The van der Waals surface area contributed by atoms with Crippen molar-refractivity contribution in [3.63, 3.8) is 0 Å². The van der Waals surface area contributed by atoms with Gasteiger partial charge in [0.2, 0.25) is 5.75 Å². The highest BCUT2D eigenvalue weighted by Crippen LogP contribution is 2.30. The number of ether oxygens (including phenoxy) is 2. The van der Waals surface area contributed by atoms with Crippen LogP contribution in [0.1, 0.15) is 12.0 Å². The Hall–Kier alpha value is -3.13. The maximum Gasteiger partial charge on any atom is 0.311 e. The van der Waals surface area contributed by atoms with E-state index in [-0.39, 0.29) is 24.0 Å². The van der Waals surface area contributed by atoms with Crippen LogP contribution in [0.3, 0.4) is 0 Å². The molecule has 0 bridgehead atoms. The maximum atomic E-state index is 12.6. The van der Waals surface area contributed by atoms with Gasteiger partial charge in [0.25, 0.3) is 5.91 Å². The number of carbonyl (C=O) groups excluding carboxylic acids is 1. The number of methoxy groups -OCH3 is 1. The second-order valence-electron chi connectivity index (χ2n) is 5.82. The molecule has 144 valence electrons. The van der Waals surface area contributed by atoms with Gasteiger partial charge in [-0.2, -0.15) is 0 Å². The minimum atomic E-state index is -0.540. The molecule has 0 heterocycles. The van der Waals surface area contributed by atoms with Crippen LogP contribution in [-0.4, -0.2) is 42.5 Å². The number of hydrogen-bond donors (Lipinski definition) is 1. The lowest BCUT2D eigenvalue weighted by atomic mass is 10.2. The summed E-state index contributed by atoms with van der Waals surface area (Å²) in [5, 5.41) is 10.9. The zero-order valence-electron chi connectivity index (χ0n) is 15.2. The fourth-order valence-electron chi connectivity index (χ4n) is 2.51. The van der Waals surface area contributed by atoms with Crippen molar-refractivity contribution >= 4 is 11.6 Å². The number of hydrogen-bond acceptors (Lipinski definition) is 6. The lowest BCUT2D eigenvalue weighted by Crippen LogP contribution is -2.36. The lowest BCUT2D eigenvalue weighted by molar-refractivity contribution is -0.385. The third-order valence-corrected chi connectivity index (χ3v) is 3.91. The fraction of sp³-hybridized carbons (Fsp3) is 0.316. The predicted octanol–water partition coefficient (Wildman–Crippen LogP) is 2.36. The highest BCUT2D eigenvalue weighted by atomic mass is 16.6. The van der Waals surface area contributed by atoms with Gasteiger partial charge in [-0.1, -0.05) is 30.3 Å². The molecule has 0 aliphatic carbocycles. The molecule has 0 unspecified atom stereocenters. The summed E-state index contributed by atoms with van der Waals surface area (Å²) >= 11 is 0. The van der Waals surface area contributed by atoms with Crippen molar-refractivity contribution in [2.45, 2.75) is 13.0 Å². The number of carbonyl (C=O) groups is 1. The Bertz CT molecular complexity index is 767. The molecular weight excluding hydrogens is 350 g/mol. The standard InChI is InChI=1S/C19H23N3O5/c1-26-18-12-16(8-9-17(18)22(24)25)27-14-19(23)21(11-5-10-20)13-15-6-3-2-4-7-15/h2-4,6-9,12H,5,10-11,13-14,20H2,1H3. The normalized spacial score (nSPS) is 10.3. The van der Waals surface area contributed by atoms with Crippen molar-refractivity contribution in [2.24, 2.45) is 5.73 Å². The molecular formula is C19H23N3O5. The van der Waals surface area contributed by atoms with E-state index in [1.54, 1.807) is 4.90 Å². The summed E-state index contributed by atoms with van der Waals surface area (Å²) in [5.74, 6) is 0.211. The molecule has 0 aliphatic rings. The van der Waals surface area contributed by atoms with E-state index in [1.165, 1.54) is 25.3 Å². The molecule has 1 amide bonds. The Morgan fingerprint density at radius 1 is 1.22 bits per heavy atom. The van der Waals surface area contributed by atoms with Crippen LogP contribution in [0.4, 0.5) is 5.69 Å². The molecule has 8 heteroatoms. The topological polar surface area (TPSA) is 108 Å². The number of nitro groups is 1. The van der Waals surface area contributed by atoms with Gasteiger partial charge in [-0.05, 0) is 24.6 Å². The molecule has 0 radical (unpaired) electrons. The van der Waals surface area contributed by atoms with Crippen molar-refractivity contribution in [1.29, 1.82) is 0 Å². The van der Waals surface area contributed by atoms with Crippen molar-refractivity contribution in [2.75, 3.05) is 26.8 Å². The largest absolute Gasteiger partial charge is 0.490 e. The number of amides is 1. The Kier molecular flexibility index (Phi) is 7.57. The molecule has 0 spiro atoms. The van der Waals surface area contributed by atoms with Gasteiger partial charge in [0, 0.05) is 25.2 Å². The van der Waals surface area contributed by atoms with Gasteiger partial charge in [-0.25, -0.2) is 0 Å². The second kappa shape index (κ2) is 10.1. The summed E-state index contributed by atoms with van der Waals surface area (Å²) in [6.45, 7) is 1.29. The molecule has 27 heavy (non-hydrogen) atoms. The van der Waals surface area contributed by atoms with Crippen molar-refractivity contribution < 1.29 is 19.2 Å². The molecule has 2 aromatic carbocycles. The summed E-state index contributed by atoms with van der Waals surface area (Å²) in [5.41, 5.74) is 6.42. The number of nitrogens with zero attached hydrogens (tertiary/aromatic N) is 2. The van der Waals surface area contributed by atoms with E-state index in [0.717, 1.165) is 5.56 Å². The molecule has 2 aromatic rings. The number of rotatable bonds is 10. The van der Waals surface area contributed by atoms with E-state index in [9.17, 15) is 14.9 Å². The monoisotopic (exact) mass is 373 g/mol. The van der Waals surface area contributed by atoms with Crippen LogP contribution >= 0.6 is 0 Å². The van der Waals surface area contributed by atoms with Gasteiger partial charge in [-0.3, -0.25) is 14.9 Å². The summed E-state index contributed by atoms with van der Waals surface area (Å²) < 4.78 is 10.5. The van der Waals surface area contributed by atoms with E-state index in [2.05, 4.69) is 0 Å². The van der Waals surface area contributed by atoms with E-state index < -0.39 is 4.92 Å². The molecule has 8 nitrogen and oxygen atoms in total. The molecule has 2 rings (SSSR count). The number of nitro benzene ring substituents is 1. The maximum absolute atomic E-state index is 12.6. The van der Waals surface area contributed by atoms with Crippen LogP contribution in [0.15, 0.2) is 48.5 Å². The minimum Gasteiger partial charge on any atom is -0.490 e. The van der Waals surface area contributed by atoms with Crippen LogP contribution in [0.2, 0.25) is 0 Å². The minimum absolute atomic E-state index is 0.0780.